The Morgan fingerprint density at radius 1 is 1.12 bits per heavy atom. The lowest BCUT2D eigenvalue weighted by Gasteiger charge is -2.16. The number of benzene rings is 2. The Morgan fingerprint density at radius 3 is 2.48 bits per heavy atom. The summed E-state index contributed by atoms with van der Waals surface area (Å²) in [5.41, 5.74) is 4.44. The van der Waals surface area contributed by atoms with Crippen LogP contribution in [0.15, 0.2) is 42.5 Å². The van der Waals surface area contributed by atoms with E-state index in [1.54, 1.807) is 0 Å². The smallest absolute Gasteiger partial charge is 0.279 e. The molecule has 4 nitrogen and oxygen atoms in total. The first kappa shape index (κ1) is 19.0. The van der Waals surface area contributed by atoms with Gasteiger partial charge in [0, 0.05) is 11.3 Å². The molecule has 1 atom stereocenters. The number of hydrogen-bond acceptors (Lipinski definition) is 2. The summed E-state index contributed by atoms with van der Waals surface area (Å²) in [5, 5.41) is 3.09. The summed E-state index contributed by atoms with van der Waals surface area (Å²) in [4.78, 5) is 13.6. The van der Waals surface area contributed by atoms with E-state index in [4.69, 9.17) is 4.74 Å². The van der Waals surface area contributed by atoms with Gasteiger partial charge in [0.15, 0.2) is 6.54 Å². The number of rotatable bonds is 8. The fourth-order valence-corrected chi connectivity index (χ4v) is 2.94. The molecule has 0 saturated carbocycles. The minimum absolute atomic E-state index is 0.0486. The van der Waals surface area contributed by atoms with Crippen molar-refractivity contribution in [2.45, 2.75) is 33.7 Å². The van der Waals surface area contributed by atoms with Gasteiger partial charge in [-0.3, -0.25) is 4.79 Å². The van der Waals surface area contributed by atoms with Crippen molar-refractivity contribution in [2.75, 3.05) is 25.5 Å². The molecule has 2 rings (SSSR count). The van der Waals surface area contributed by atoms with Gasteiger partial charge in [-0.25, -0.2) is 0 Å². The maximum absolute atomic E-state index is 12.4. The minimum Gasteiger partial charge on any atom is -0.494 e. The van der Waals surface area contributed by atoms with Gasteiger partial charge in [0.05, 0.1) is 13.7 Å². The lowest BCUT2D eigenvalue weighted by Crippen LogP contribution is -3.08. The van der Waals surface area contributed by atoms with Gasteiger partial charge in [0.2, 0.25) is 0 Å². The number of quaternary nitrogens is 1. The van der Waals surface area contributed by atoms with Crippen LogP contribution in [0.2, 0.25) is 0 Å². The van der Waals surface area contributed by atoms with Crippen LogP contribution in [0.25, 0.3) is 0 Å². The summed E-state index contributed by atoms with van der Waals surface area (Å²) in [7, 11) is 2.04. The van der Waals surface area contributed by atoms with Crippen LogP contribution in [0.3, 0.4) is 0 Å². The lowest BCUT2D eigenvalue weighted by molar-refractivity contribution is -0.885. The monoisotopic (exact) mass is 341 g/mol. The molecule has 0 aliphatic carbocycles. The summed E-state index contributed by atoms with van der Waals surface area (Å²) in [6, 6.07) is 14.2. The highest BCUT2D eigenvalue weighted by molar-refractivity contribution is 5.93. The van der Waals surface area contributed by atoms with Crippen LogP contribution in [-0.2, 0) is 17.8 Å². The Balaban J connectivity index is 1.92. The number of carbonyl (C=O) groups is 1. The van der Waals surface area contributed by atoms with Crippen molar-refractivity contribution in [3.8, 4) is 5.75 Å². The van der Waals surface area contributed by atoms with Crippen LogP contribution in [0.1, 0.15) is 30.5 Å². The molecular weight excluding hydrogens is 312 g/mol. The van der Waals surface area contributed by atoms with E-state index in [0.29, 0.717) is 13.2 Å². The van der Waals surface area contributed by atoms with Gasteiger partial charge in [0.25, 0.3) is 5.91 Å². The van der Waals surface area contributed by atoms with Crippen molar-refractivity contribution >= 4 is 11.6 Å². The topological polar surface area (TPSA) is 42.8 Å². The molecule has 0 aromatic heterocycles. The van der Waals surface area contributed by atoms with Gasteiger partial charge in [0.1, 0.15) is 12.3 Å². The summed E-state index contributed by atoms with van der Waals surface area (Å²) in [6.45, 7) is 8.02. The van der Waals surface area contributed by atoms with Crippen LogP contribution in [0.5, 0.6) is 5.75 Å². The maximum Gasteiger partial charge on any atom is 0.279 e. The molecule has 0 radical (unpaired) electrons. The van der Waals surface area contributed by atoms with E-state index in [2.05, 4.69) is 30.4 Å². The normalized spacial score (nSPS) is 11.8. The van der Waals surface area contributed by atoms with E-state index in [0.717, 1.165) is 34.9 Å². The predicted molar refractivity (Wildman–Crippen MR) is 102 cm³/mol. The van der Waals surface area contributed by atoms with Gasteiger partial charge in [-0.1, -0.05) is 25.1 Å². The van der Waals surface area contributed by atoms with Gasteiger partial charge < -0.3 is 15.0 Å². The first-order valence-electron chi connectivity index (χ1n) is 8.94. The van der Waals surface area contributed by atoms with Crippen LogP contribution >= 0.6 is 0 Å². The van der Waals surface area contributed by atoms with Crippen molar-refractivity contribution in [2.24, 2.45) is 0 Å². The van der Waals surface area contributed by atoms with Gasteiger partial charge in [-0.2, -0.15) is 0 Å². The molecule has 1 amide bonds. The molecule has 0 fully saturated rings. The molecule has 2 aromatic carbocycles. The first-order chi connectivity index (χ1) is 12.0. The Hall–Kier alpha value is -2.33. The second kappa shape index (κ2) is 9.23. The van der Waals surface area contributed by atoms with Crippen molar-refractivity contribution in [3.05, 3.63) is 59.2 Å². The number of anilines is 1. The fourth-order valence-electron chi connectivity index (χ4n) is 2.94. The molecule has 0 heterocycles. The second-order valence-corrected chi connectivity index (χ2v) is 6.40. The zero-order valence-electron chi connectivity index (χ0n) is 15.7. The number of aryl methyl sites for hydroxylation is 2. The largest absolute Gasteiger partial charge is 0.494 e. The number of hydrogen-bond donors (Lipinski definition) is 2. The molecule has 0 aliphatic heterocycles. The van der Waals surface area contributed by atoms with E-state index >= 15 is 0 Å². The molecule has 2 N–H and O–H groups in total. The number of likely N-dealkylation sites (N-methyl/N-ethyl adjacent to an activating group) is 1. The highest BCUT2D eigenvalue weighted by Crippen LogP contribution is 2.20. The third-order valence-electron chi connectivity index (χ3n) is 4.21. The number of para-hydroxylation sites is 1. The standard InChI is InChI=1S/C21H28N2O2/c1-5-18-9-7-8-16(3)21(18)22-20(24)15-23(4)14-17-10-12-19(13-11-17)25-6-2/h7-13H,5-6,14-15H2,1-4H3,(H,22,24)/p+1. The summed E-state index contributed by atoms with van der Waals surface area (Å²) in [6.07, 6.45) is 0.909. The van der Waals surface area contributed by atoms with Crippen LogP contribution < -0.4 is 15.0 Å². The molecule has 134 valence electrons. The summed E-state index contributed by atoms with van der Waals surface area (Å²) in [5.74, 6) is 0.931. The van der Waals surface area contributed by atoms with Crippen LogP contribution in [0, 0.1) is 6.92 Å². The van der Waals surface area contributed by atoms with Gasteiger partial charge in [-0.05, 0) is 55.7 Å². The summed E-state index contributed by atoms with van der Waals surface area (Å²) < 4.78 is 5.46. The van der Waals surface area contributed by atoms with Gasteiger partial charge >= 0.3 is 0 Å². The molecule has 4 heteroatoms. The third-order valence-corrected chi connectivity index (χ3v) is 4.21. The number of ether oxygens (including phenoxy) is 1. The molecule has 0 aliphatic rings. The Morgan fingerprint density at radius 2 is 1.84 bits per heavy atom. The van der Waals surface area contributed by atoms with Crippen molar-refractivity contribution in [1.82, 2.24) is 0 Å². The fraction of sp³-hybridized carbons (Fsp3) is 0.381. The molecular formula is C21H29N2O2+. The molecule has 0 spiro atoms. The van der Waals surface area contributed by atoms with E-state index < -0.39 is 0 Å². The zero-order chi connectivity index (χ0) is 18.2. The second-order valence-electron chi connectivity index (χ2n) is 6.40. The van der Waals surface area contributed by atoms with Crippen LogP contribution in [-0.4, -0.2) is 26.1 Å². The zero-order valence-corrected chi connectivity index (χ0v) is 15.7. The van der Waals surface area contributed by atoms with Crippen LogP contribution in [0.4, 0.5) is 5.69 Å². The lowest BCUT2D eigenvalue weighted by atomic mass is 10.1. The Bertz CT molecular complexity index is 696. The van der Waals surface area contributed by atoms with Crippen molar-refractivity contribution in [1.29, 1.82) is 0 Å². The van der Waals surface area contributed by atoms with E-state index in [1.807, 2.05) is 45.2 Å². The van der Waals surface area contributed by atoms with E-state index in [1.165, 1.54) is 11.1 Å². The third kappa shape index (κ3) is 5.61. The quantitative estimate of drug-likeness (QED) is 0.775. The highest BCUT2D eigenvalue weighted by Gasteiger charge is 2.13. The average molecular weight is 341 g/mol. The highest BCUT2D eigenvalue weighted by atomic mass is 16.5. The number of nitrogens with one attached hydrogen (secondary N) is 2. The number of amides is 1. The van der Waals surface area contributed by atoms with Crippen molar-refractivity contribution < 1.29 is 14.4 Å². The Labute approximate surface area is 150 Å². The van der Waals surface area contributed by atoms with E-state index in [-0.39, 0.29) is 5.91 Å². The molecule has 2 aromatic rings. The first-order valence-corrected chi connectivity index (χ1v) is 8.94. The number of carbonyl (C=O) groups excluding carboxylic acids is 1. The predicted octanol–water partition coefficient (Wildman–Crippen LogP) is 2.61. The molecule has 1 unspecified atom stereocenters. The summed E-state index contributed by atoms with van der Waals surface area (Å²) >= 11 is 0. The van der Waals surface area contributed by atoms with Crippen molar-refractivity contribution in [3.63, 3.8) is 0 Å². The Kier molecular flexibility index (Phi) is 7.02. The maximum atomic E-state index is 12.4. The molecule has 25 heavy (non-hydrogen) atoms. The molecule has 0 bridgehead atoms. The van der Waals surface area contributed by atoms with Gasteiger partial charge in [-0.15, -0.1) is 0 Å². The SMILES string of the molecule is CCOc1ccc(C[NH+](C)CC(=O)Nc2c(C)cccc2CC)cc1. The average Bonchev–Trinajstić information content (AvgIpc) is 2.58. The minimum atomic E-state index is 0.0486. The molecule has 0 saturated heterocycles. The van der Waals surface area contributed by atoms with E-state index in [9.17, 15) is 4.79 Å².